The Labute approximate surface area is 137 Å². The highest BCUT2D eigenvalue weighted by Crippen LogP contribution is 2.36. The van der Waals surface area contributed by atoms with Crippen molar-refractivity contribution in [2.45, 2.75) is 57.7 Å². The summed E-state index contributed by atoms with van der Waals surface area (Å²) in [5, 5.41) is 0. The molecule has 0 radical (unpaired) electrons. The zero-order valence-corrected chi connectivity index (χ0v) is 14.0. The van der Waals surface area contributed by atoms with Gasteiger partial charge < -0.3 is 4.74 Å². The lowest BCUT2D eigenvalue weighted by Crippen LogP contribution is -2.26. The number of hydrogen-bond donors (Lipinski definition) is 0. The van der Waals surface area contributed by atoms with Gasteiger partial charge in [0.25, 0.3) is 0 Å². The molecule has 0 heterocycles. The van der Waals surface area contributed by atoms with Gasteiger partial charge in [0, 0.05) is 16.5 Å². The third-order valence-corrected chi connectivity index (χ3v) is 3.73. The summed E-state index contributed by atoms with van der Waals surface area (Å²) in [4.78, 5) is 11.6. The molecule has 0 bridgehead atoms. The van der Waals surface area contributed by atoms with E-state index in [0.717, 1.165) is 25.7 Å². The molecule has 0 saturated heterocycles. The second-order valence-electron chi connectivity index (χ2n) is 5.13. The van der Waals surface area contributed by atoms with Crippen LogP contribution in [0.5, 0.6) is 0 Å². The summed E-state index contributed by atoms with van der Waals surface area (Å²) >= 11 is 3.16. The quantitative estimate of drug-likeness (QED) is 0.411. The van der Waals surface area contributed by atoms with Gasteiger partial charge in [-0.15, -0.1) is 0 Å². The fourth-order valence-corrected chi connectivity index (χ4v) is 2.29. The molecule has 0 N–H and O–H groups in total. The van der Waals surface area contributed by atoms with Gasteiger partial charge in [-0.3, -0.25) is 4.79 Å². The molecule has 0 fully saturated rings. The van der Waals surface area contributed by atoms with Gasteiger partial charge in [0.15, 0.2) is 0 Å². The lowest BCUT2D eigenvalue weighted by Gasteiger charge is -2.21. The minimum Gasteiger partial charge on any atom is -0.448 e. The highest BCUT2D eigenvalue weighted by atomic mass is 79.9. The summed E-state index contributed by atoms with van der Waals surface area (Å²) in [5.74, 6) is -0.804. The molecule has 1 atom stereocenters. The van der Waals surface area contributed by atoms with Gasteiger partial charge in [0.05, 0.1) is 0 Å². The summed E-state index contributed by atoms with van der Waals surface area (Å²) in [5.41, 5.74) is -0.0740. The number of carbonyl (C=O) groups is 1. The van der Waals surface area contributed by atoms with Gasteiger partial charge in [0.2, 0.25) is 6.10 Å². The average Bonchev–Trinajstić information content (AvgIpc) is 2.44. The SMILES string of the molecule is CCCCCCCC(=O)O[C@@H](c1ccc(Br)cc1)C(F)(F)F. The first-order valence-electron chi connectivity index (χ1n) is 7.36. The van der Waals surface area contributed by atoms with E-state index in [2.05, 4.69) is 27.6 Å². The number of unbranched alkanes of at least 4 members (excludes halogenated alkanes) is 4. The van der Waals surface area contributed by atoms with E-state index in [-0.39, 0.29) is 12.0 Å². The van der Waals surface area contributed by atoms with E-state index in [0.29, 0.717) is 10.9 Å². The van der Waals surface area contributed by atoms with Gasteiger partial charge in [-0.25, -0.2) is 0 Å². The molecule has 6 heteroatoms. The lowest BCUT2D eigenvalue weighted by atomic mass is 10.1. The Morgan fingerprint density at radius 3 is 2.27 bits per heavy atom. The van der Waals surface area contributed by atoms with Crippen LogP contribution in [0.1, 0.15) is 57.1 Å². The van der Waals surface area contributed by atoms with Crippen LogP contribution in [0.4, 0.5) is 13.2 Å². The van der Waals surface area contributed by atoms with Gasteiger partial charge >= 0.3 is 12.1 Å². The van der Waals surface area contributed by atoms with Crippen LogP contribution in [0.3, 0.4) is 0 Å². The van der Waals surface area contributed by atoms with E-state index in [1.807, 2.05) is 0 Å². The topological polar surface area (TPSA) is 26.3 Å². The molecule has 0 saturated carbocycles. The third-order valence-electron chi connectivity index (χ3n) is 3.20. The van der Waals surface area contributed by atoms with Crippen molar-refractivity contribution >= 4 is 21.9 Å². The van der Waals surface area contributed by atoms with Gasteiger partial charge in [-0.05, 0) is 18.6 Å². The Balaban J connectivity index is 2.59. The molecule has 0 unspecified atom stereocenters. The van der Waals surface area contributed by atoms with Crippen molar-refractivity contribution in [3.05, 3.63) is 34.3 Å². The fraction of sp³-hybridized carbons (Fsp3) is 0.562. The maximum atomic E-state index is 13.1. The molecule has 2 nitrogen and oxygen atoms in total. The van der Waals surface area contributed by atoms with Crippen LogP contribution >= 0.6 is 15.9 Å². The van der Waals surface area contributed by atoms with Gasteiger partial charge in [0.1, 0.15) is 0 Å². The second-order valence-corrected chi connectivity index (χ2v) is 6.04. The summed E-state index contributed by atoms with van der Waals surface area (Å²) in [7, 11) is 0. The molecule has 22 heavy (non-hydrogen) atoms. The molecular formula is C16H20BrF3O2. The normalized spacial score (nSPS) is 13.0. The third kappa shape index (κ3) is 6.81. The van der Waals surface area contributed by atoms with Crippen molar-refractivity contribution in [3.8, 4) is 0 Å². The van der Waals surface area contributed by atoms with E-state index >= 15 is 0 Å². The van der Waals surface area contributed by atoms with Crippen molar-refractivity contribution in [1.29, 1.82) is 0 Å². The van der Waals surface area contributed by atoms with Crippen molar-refractivity contribution in [2.24, 2.45) is 0 Å². The smallest absolute Gasteiger partial charge is 0.429 e. The Kier molecular flexibility index (Phi) is 7.93. The molecule has 124 valence electrons. The first-order valence-corrected chi connectivity index (χ1v) is 8.15. The van der Waals surface area contributed by atoms with Crippen LogP contribution in [0.2, 0.25) is 0 Å². The molecule has 1 aromatic carbocycles. The van der Waals surface area contributed by atoms with Crippen LogP contribution < -0.4 is 0 Å². The molecule has 0 aliphatic carbocycles. The van der Waals surface area contributed by atoms with E-state index in [9.17, 15) is 18.0 Å². The molecule has 0 aliphatic rings. The minimum atomic E-state index is -4.62. The zero-order chi connectivity index (χ0) is 16.6. The fourth-order valence-electron chi connectivity index (χ4n) is 2.02. The molecule has 0 amide bonds. The zero-order valence-electron chi connectivity index (χ0n) is 12.5. The molecule has 1 aromatic rings. The number of esters is 1. The summed E-state index contributed by atoms with van der Waals surface area (Å²) < 4.78 is 44.5. The first kappa shape index (κ1) is 19.0. The Morgan fingerprint density at radius 1 is 1.14 bits per heavy atom. The Hall–Kier alpha value is -1.04. The maximum Gasteiger partial charge on any atom is 0.429 e. The number of rotatable bonds is 8. The monoisotopic (exact) mass is 380 g/mol. The number of halogens is 4. The Morgan fingerprint density at radius 2 is 1.73 bits per heavy atom. The van der Waals surface area contributed by atoms with E-state index in [1.165, 1.54) is 24.3 Å². The van der Waals surface area contributed by atoms with E-state index < -0.39 is 18.2 Å². The van der Waals surface area contributed by atoms with Crippen molar-refractivity contribution in [3.63, 3.8) is 0 Å². The van der Waals surface area contributed by atoms with Crippen LogP contribution in [-0.4, -0.2) is 12.1 Å². The summed E-state index contributed by atoms with van der Waals surface area (Å²) in [6.45, 7) is 2.07. The van der Waals surface area contributed by atoms with Crippen LogP contribution in [0, 0.1) is 0 Å². The lowest BCUT2D eigenvalue weighted by molar-refractivity contribution is -0.224. The summed E-state index contributed by atoms with van der Waals surface area (Å²) in [6.07, 6.45) is -2.29. The van der Waals surface area contributed by atoms with Crippen molar-refractivity contribution in [1.82, 2.24) is 0 Å². The van der Waals surface area contributed by atoms with E-state index in [1.54, 1.807) is 0 Å². The molecular weight excluding hydrogens is 361 g/mol. The second kappa shape index (κ2) is 9.18. The first-order chi connectivity index (χ1) is 10.3. The Bertz CT molecular complexity index is 457. The highest BCUT2D eigenvalue weighted by molar-refractivity contribution is 9.10. The predicted octanol–water partition coefficient (Wildman–Crippen LogP) is 5.96. The van der Waals surface area contributed by atoms with Gasteiger partial charge in [-0.2, -0.15) is 13.2 Å². The average molecular weight is 381 g/mol. The molecule has 0 aromatic heterocycles. The van der Waals surface area contributed by atoms with Gasteiger partial charge in [-0.1, -0.05) is 60.7 Å². The van der Waals surface area contributed by atoms with Crippen LogP contribution in [0.15, 0.2) is 28.7 Å². The van der Waals surface area contributed by atoms with Crippen molar-refractivity contribution < 1.29 is 22.7 Å². The van der Waals surface area contributed by atoms with E-state index in [4.69, 9.17) is 0 Å². The minimum absolute atomic E-state index is 0.0207. The largest absolute Gasteiger partial charge is 0.448 e. The predicted molar refractivity (Wildman–Crippen MR) is 82.4 cm³/mol. The maximum absolute atomic E-state index is 13.1. The number of benzene rings is 1. The summed E-state index contributed by atoms with van der Waals surface area (Å²) in [6, 6.07) is 5.59. The standard InChI is InChI=1S/C16H20BrF3O2/c1-2-3-4-5-6-7-14(21)22-15(16(18,19)20)12-8-10-13(17)11-9-12/h8-11,15H,2-7H2,1H3/t15-/m0/s1. The highest BCUT2D eigenvalue weighted by Gasteiger charge is 2.43. The molecule has 0 spiro atoms. The number of hydrogen-bond acceptors (Lipinski definition) is 2. The number of ether oxygens (including phenoxy) is 1. The molecule has 0 aliphatic heterocycles. The van der Waals surface area contributed by atoms with Crippen LogP contribution in [-0.2, 0) is 9.53 Å². The van der Waals surface area contributed by atoms with Crippen molar-refractivity contribution in [2.75, 3.05) is 0 Å². The number of alkyl halides is 3. The number of carbonyl (C=O) groups excluding carboxylic acids is 1. The van der Waals surface area contributed by atoms with Crippen LogP contribution in [0.25, 0.3) is 0 Å². The molecule has 1 rings (SSSR count).